The van der Waals surface area contributed by atoms with Gasteiger partial charge in [-0.1, -0.05) is 43.4 Å². The normalized spacial score (nSPS) is 33.4. The predicted molar refractivity (Wildman–Crippen MR) is 71.5 cm³/mol. The van der Waals surface area contributed by atoms with Gasteiger partial charge in [0.2, 0.25) is 0 Å². The highest BCUT2D eigenvalue weighted by Crippen LogP contribution is 2.64. The number of rotatable bonds is 3. The molecule has 3 saturated carbocycles. The molecule has 0 aliphatic heterocycles. The Balaban J connectivity index is 1.68. The average Bonchev–Trinajstić information content (AvgIpc) is 1.96. The van der Waals surface area contributed by atoms with Crippen molar-refractivity contribution in [2.75, 3.05) is 6.61 Å². The second kappa shape index (κ2) is 4.03. The molecular formula is C12H20INO2. The van der Waals surface area contributed by atoms with Crippen LogP contribution in [0.3, 0.4) is 0 Å². The molecule has 1 N–H and O–H groups in total. The summed E-state index contributed by atoms with van der Waals surface area (Å²) >= 11 is 2.25. The van der Waals surface area contributed by atoms with Gasteiger partial charge in [0.05, 0.1) is 10.7 Å². The molecule has 92 valence electrons. The molecule has 1 atom stereocenters. The first-order chi connectivity index (χ1) is 7.31. The van der Waals surface area contributed by atoms with E-state index in [0.29, 0.717) is 12.0 Å². The lowest BCUT2D eigenvalue weighted by molar-refractivity contribution is -0.139. The number of carbonyl (C=O) groups excluding carboxylic acids is 1. The second-order valence-electron chi connectivity index (χ2n) is 6.43. The van der Waals surface area contributed by atoms with Crippen LogP contribution in [0.25, 0.3) is 0 Å². The summed E-state index contributed by atoms with van der Waals surface area (Å²) in [7, 11) is 0. The molecule has 0 radical (unpaired) electrons. The number of alkyl halides is 1. The number of halogens is 1. The van der Waals surface area contributed by atoms with E-state index in [1.165, 1.54) is 19.3 Å². The van der Waals surface area contributed by atoms with Gasteiger partial charge in [-0.15, -0.1) is 0 Å². The van der Waals surface area contributed by atoms with Crippen LogP contribution in [0.5, 0.6) is 0 Å². The van der Waals surface area contributed by atoms with Crippen LogP contribution in [0, 0.1) is 16.7 Å². The summed E-state index contributed by atoms with van der Waals surface area (Å²) in [5, 5.41) is 2.88. The highest BCUT2D eigenvalue weighted by molar-refractivity contribution is 14.1. The molecule has 0 aromatic rings. The van der Waals surface area contributed by atoms with Gasteiger partial charge in [0.15, 0.2) is 0 Å². The Hall–Kier alpha value is 0. The van der Waals surface area contributed by atoms with E-state index in [1.807, 2.05) is 0 Å². The van der Waals surface area contributed by atoms with Gasteiger partial charge >= 0.3 is 6.09 Å². The van der Waals surface area contributed by atoms with Gasteiger partial charge in [-0.25, -0.2) is 4.79 Å². The Kier molecular flexibility index (Phi) is 3.14. The smallest absolute Gasteiger partial charge is 0.407 e. The molecular weight excluding hydrogens is 317 g/mol. The number of hydrogen-bond acceptors (Lipinski definition) is 2. The molecule has 0 aromatic heterocycles. The SMILES string of the molecule is CC(C)(C)C(I)NC(=O)OCC12CC(C1)C2. The first kappa shape index (κ1) is 12.5. The van der Waals surface area contributed by atoms with Crippen molar-refractivity contribution in [2.24, 2.45) is 16.7 Å². The van der Waals surface area contributed by atoms with E-state index in [-0.39, 0.29) is 15.6 Å². The van der Waals surface area contributed by atoms with Crippen LogP contribution in [0.1, 0.15) is 40.0 Å². The van der Waals surface area contributed by atoms with Crippen LogP contribution in [0.15, 0.2) is 0 Å². The summed E-state index contributed by atoms with van der Waals surface area (Å²) in [6.07, 6.45) is 3.55. The number of carbonyl (C=O) groups is 1. The highest BCUT2D eigenvalue weighted by Gasteiger charge is 2.57. The van der Waals surface area contributed by atoms with E-state index < -0.39 is 0 Å². The Morgan fingerprint density at radius 2 is 2.06 bits per heavy atom. The lowest BCUT2D eigenvalue weighted by Crippen LogP contribution is -2.55. The zero-order chi connectivity index (χ0) is 12.0. The van der Waals surface area contributed by atoms with Gasteiger partial charge in [-0.3, -0.25) is 0 Å². The number of hydrogen-bond donors (Lipinski definition) is 1. The highest BCUT2D eigenvalue weighted by atomic mass is 127. The van der Waals surface area contributed by atoms with Crippen LogP contribution in [0.2, 0.25) is 0 Å². The van der Waals surface area contributed by atoms with Crippen LogP contribution in [0.4, 0.5) is 4.79 Å². The molecule has 4 heteroatoms. The summed E-state index contributed by atoms with van der Waals surface area (Å²) < 4.78 is 5.40. The van der Waals surface area contributed by atoms with Crippen molar-refractivity contribution in [2.45, 2.75) is 44.1 Å². The standard InChI is InChI=1S/C12H20INO2/c1-11(2,3)9(13)14-10(15)16-7-12-4-8(5-12)6-12/h8-9H,4-7H2,1-3H3,(H,14,15). The third-order valence-corrected chi connectivity index (χ3v) is 5.86. The maximum Gasteiger partial charge on any atom is 0.407 e. The van der Waals surface area contributed by atoms with Crippen molar-refractivity contribution in [3.8, 4) is 0 Å². The largest absolute Gasteiger partial charge is 0.449 e. The molecule has 3 nitrogen and oxygen atoms in total. The molecule has 3 fully saturated rings. The van der Waals surface area contributed by atoms with Gasteiger partial charge in [-0.05, 0) is 30.6 Å². The van der Waals surface area contributed by atoms with Crippen LogP contribution in [-0.4, -0.2) is 16.7 Å². The van der Waals surface area contributed by atoms with Gasteiger partial charge < -0.3 is 10.1 Å². The van der Waals surface area contributed by atoms with Crippen molar-refractivity contribution in [1.29, 1.82) is 0 Å². The Morgan fingerprint density at radius 3 is 2.44 bits per heavy atom. The van der Waals surface area contributed by atoms with E-state index in [1.54, 1.807) is 0 Å². The summed E-state index contributed by atoms with van der Waals surface area (Å²) in [4.78, 5) is 11.6. The number of amides is 1. The Labute approximate surface area is 111 Å². The van der Waals surface area contributed by atoms with Crippen molar-refractivity contribution < 1.29 is 9.53 Å². The molecule has 0 heterocycles. The fourth-order valence-corrected chi connectivity index (χ4v) is 2.67. The molecule has 3 rings (SSSR count). The number of nitrogens with one attached hydrogen (secondary N) is 1. The lowest BCUT2D eigenvalue weighted by atomic mass is 9.45. The number of ether oxygens (including phenoxy) is 1. The van der Waals surface area contributed by atoms with Crippen molar-refractivity contribution in [3.63, 3.8) is 0 Å². The van der Waals surface area contributed by atoms with E-state index in [4.69, 9.17) is 4.74 Å². The first-order valence-electron chi connectivity index (χ1n) is 5.88. The van der Waals surface area contributed by atoms with Crippen molar-refractivity contribution >= 4 is 28.7 Å². The fraction of sp³-hybridized carbons (Fsp3) is 0.917. The quantitative estimate of drug-likeness (QED) is 0.487. The van der Waals surface area contributed by atoms with Crippen LogP contribution < -0.4 is 5.32 Å². The monoisotopic (exact) mass is 337 g/mol. The minimum atomic E-state index is -0.265. The van der Waals surface area contributed by atoms with Crippen molar-refractivity contribution in [1.82, 2.24) is 5.32 Å². The minimum Gasteiger partial charge on any atom is -0.449 e. The van der Waals surface area contributed by atoms with Gasteiger partial charge in [0, 0.05) is 5.41 Å². The first-order valence-corrected chi connectivity index (χ1v) is 7.13. The summed E-state index contributed by atoms with van der Waals surface area (Å²) in [5.74, 6) is 0.943. The third-order valence-electron chi connectivity index (χ3n) is 3.68. The zero-order valence-corrected chi connectivity index (χ0v) is 12.3. The van der Waals surface area contributed by atoms with Gasteiger partial charge in [-0.2, -0.15) is 0 Å². The predicted octanol–water partition coefficient (Wildman–Crippen LogP) is 3.32. The third kappa shape index (κ3) is 2.46. The molecule has 3 aliphatic rings. The molecule has 0 aromatic carbocycles. The summed E-state index contributed by atoms with van der Waals surface area (Å²) in [6.45, 7) is 6.92. The van der Waals surface area contributed by atoms with Crippen LogP contribution in [-0.2, 0) is 4.74 Å². The van der Waals surface area contributed by atoms with Gasteiger partial charge in [0.25, 0.3) is 0 Å². The molecule has 1 amide bonds. The topological polar surface area (TPSA) is 38.3 Å². The Morgan fingerprint density at radius 1 is 1.50 bits per heavy atom. The average molecular weight is 337 g/mol. The van der Waals surface area contributed by atoms with Gasteiger partial charge in [0.1, 0.15) is 0 Å². The number of alkyl carbamates (subject to hydrolysis) is 1. The summed E-state index contributed by atoms with van der Waals surface area (Å²) in [5.41, 5.74) is 0.445. The molecule has 1 unspecified atom stereocenters. The lowest BCUT2D eigenvalue weighted by Gasteiger charge is -2.61. The molecule has 2 bridgehead atoms. The van der Waals surface area contributed by atoms with E-state index in [2.05, 4.69) is 48.7 Å². The fourth-order valence-electron chi connectivity index (χ4n) is 2.41. The summed E-state index contributed by atoms with van der Waals surface area (Å²) in [6, 6.07) is 0. The zero-order valence-electron chi connectivity index (χ0n) is 10.2. The molecule has 16 heavy (non-hydrogen) atoms. The van der Waals surface area contributed by atoms with E-state index >= 15 is 0 Å². The Bertz CT molecular complexity index is 281. The second-order valence-corrected chi connectivity index (χ2v) is 7.67. The molecule has 3 aliphatic carbocycles. The van der Waals surface area contributed by atoms with E-state index in [0.717, 1.165) is 5.92 Å². The minimum absolute atomic E-state index is 0.0654. The maximum atomic E-state index is 11.6. The molecule has 0 saturated heterocycles. The van der Waals surface area contributed by atoms with E-state index in [9.17, 15) is 4.79 Å². The van der Waals surface area contributed by atoms with Crippen LogP contribution >= 0.6 is 22.6 Å². The maximum absolute atomic E-state index is 11.6. The van der Waals surface area contributed by atoms with Crippen molar-refractivity contribution in [3.05, 3.63) is 0 Å². The molecule has 0 spiro atoms.